The predicted molar refractivity (Wildman–Crippen MR) is 41.9 cm³/mol. The van der Waals surface area contributed by atoms with Gasteiger partial charge in [-0.3, -0.25) is 15.0 Å². The molecule has 5 heteroatoms. The van der Waals surface area contributed by atoms with E-state index >= 15 is 0 Å². The Balaban J connectivity index is 2.99. The van der Waals surface area contributed by atoms with E-state index < -0.39 is 0 Å². The first-order valence-corrected chi connectivity index (χ1v) is 3.70. The van der Waals surface area contributed by atoms with E-state index in [2.05, 4.69) is 26.1 Å². The summed E-state index contributed by atoms with van der Waals surface area (Å²) in [5.41, 5.74) is 5.85. The maximum Gasteiger partial charge on any atom is 0.268 e. The lowest BCUT2D eigenvalue weighted by Crippen LogP contribution is -2.11. The minimum atomic E-state index is -0.0997. The standard InChI is InChI=1S/C5H8BrN3O/c6-4-3(1-2-7)5(10)9-8-4/h1-2,7H2,(H2,8,9,10). The molecule has 4 nitrogen and oxygen atoms in total. The lowest BCUT2D eigenvalue weighted by atomic mass is 10.2. The van der Waals surface area contributed by atoms with Crippen molar-refractivity contribution in [3.05, 3.63) is 20.5 Å². The fourth-order valence-corrected chi connectivity index (χ4v) is 1.21. The Morgan fingerprint density at radius 1 is 1.50 bits per heavy atom. The average Bonchev–Trinajstić information content (AvgIpc) is 2.20. The van der Waals surface area contributed by atoms with Crippen molar-refractivity contribution >= 4 is 15.9 Å². The van der Waals surface area contributed by atoms with Crippen molar-refractivity contribution in [2.45, 2.75) is 6.42 Å². The summed E-state index contributed by atoms with van der Waals surface area (Å²) in [6.07, 6.45) is 0.597. The highest BCUT2D eigenvalue weighted by atomic mass is 79.9. The molecule has 1 aromatic rings. The van der Waals surface area contributed by atoms with Crippen molar-refractivity contribution in [3.63, 3.8) is 0 Å². The highest BCUT2D eigenvalue weighted by Crippen LogP contribution is 2.07. The molecule has 0 radical (unpaired) electrons. The van der Waals surface area contributed by atoms with Crippen LogP contribution in [-0.4, -0.2) is 16.7 Å². The van der Waals surface area contributed by atoms with Gasteiger partial charge in [0.1, 0.15) is 4.60 Å². The first kappa shape index (κ1) is 7.56. The Kier molecular flexibility index (Phi) is 2.29. The molecule has 0 saturated heterocycles. The fourth-order valence-electron chi connectivity index (χ4n) is 0.730. The van der Waals surface area contributed by atoms with Crippen molar-refractivity contribution in [1.82, 2.24) is 10.2 Å². The summed E-state index contributed by atoms with van der Waals surface area (Å²) in [5, 5.41) is 5.08. The number of nitrogens with one attached hydrogen (secondary N) is 2. The van der Waals surface area contributed by atoms with Crippen molar-refractivity contribution in [2.75, 3.05) is 6.54 Å². The number of hydrogen-bond donors (Lipinski definition) is 3. The molecule has 0 aliphatic carbocycles. The molecule has 1 aromatic heterocycles. The number of H-pyrrole nitrogens is 2. The van der Waals surface area contributed by atoms with Crippen LogP contribution in [0.1, 0.15) is 5.56 Å². The van der Waals surface area contributed by atoms with E-state index in [0.717, 1.165) is 0 Å². The Hall–Kier alpha value is -0.550. The molecule has 0 bridgehead atoms. The third-order valence-electron chi connectivity index (χ3n) is 1.22. The number of rotatable bonds is 2. The second kappa shape index (κ2) is 3.03. The normalized spacial score (nSPS) is 10.2. The Morgan fingerprint density at radius 3 is 2.60 bits per heavy atom. The second-order valence-electron chi connectivity index (χ2n) is 1.91. The van der Waals surface area contributed by atoms with Gasteiger partial charge in [-0.2, -0.15) is 0 Å². The molecule has 1 heterocycles. The van der Waals surface area contributed by atoms with Crippen molar-refractivity contribution in [3.8, 4) is 0 Å². The highest BCUT2D eigenvalue weighted by Gasteiger charge is 2.04. The zero-order valence-corrected chi connectivity index (χ0v) is 6.86. The number of nitrogens with two attached hydrogens (primary N) is 1. The van der Waals surface area contributed by atoms with Crippen LogP contribution in [0.4, 0.5) is 0 Å². The third-order valence-corrected chi connectivity index (χ3v) is 1.90. The van der Waals surface area contributed by atoms with E-state index in [1.165, 1.54) is 0 Å². The molecule has 0 fully saturated rings. The zero-order valence-electron chi connectivity index (χ0n) is 5.28. The van der Waals surface area contributed by atoms with Crippen LogP contribution in [0, 0.1) is 0 Å². The Morgan fingerprint density at radius 2 is 2.20 bits per heavy atom. The molecule has 0 atom stereocenters. The van der Waals surface area contributed by atoms with Gasteiger partial charge in [-0.15, -0.1) is 0 Å². The molecule has 0 spiro atoms. The zero-order chi connectivity index (χ0) is 7.56. The second-order valence-corrected chi connectivity index (χ2v) is 2.70. The minimum absolute atomic E-state index is 0.0997. The van der Waals surface area contributed by atoms with E-state index in [9.17, 15) is 4.79 Å². The van der Waals surface area contributed by atoms with Gasteiger partial charge in [0.15, 0.2) is 0 Å². The van der Waals surface area contributed by atoms with Crippen LogP contribution in [0.15, 0.2) is 9.40 Å². The van der Waals surface area contributed by atoms with E-state index in [4.69, 9.17) is 5.73 Å². The predicted octanol–water partition coefficient (Wildman–Crippen LogP) is -0.0333. The first-order valence-electron chi connectivity index (χ1n) is 2.90. The van der Waals surface area contributed by atoms with Gasteiger partial charge in [-0.1, -0.05) is 0 Å². The summed E-state index contributed by atoms with van der Waals surface area (Å²) in [7, 11) is 0. The topological polar surface area (TPSA) is 74.7 Å². The fraction of sp³-hybridized carbons (Fsp3) is 0.400. The number of halogens is 1. The van der Waals surface area contributed by atoms with Gasteiger partial charge in [0.2, 0.25) is 0 Å². The van der Waals surface area contributed by atoms with Crippen LogP contribution in [0.25, 0.3) is 0 Å². The number of aromatic nitrogens is 2. The van der Waals surface area contributed by atoms with E-state index in [0.29, 0.717) is 23.1 Å². The summed E-state index contributed by atoms with van der Waals surface area (Å²) >= 11 is 3.18. The molecule has 0 aromatic carbocycles. The monoisotopic (exact) mass is 205 g/mol. The van der Waals surface area contributed by atoms with E-state index in [1.807, 2.05) is 0 Å². The van der Waals surface area contributed by atoms with Gasteiger partial charge in [-0.25, -0.2) is 0 Å². The average molecular weight is 206 g/mol. The van der Waals surface area contributed by atoms with Crippen molar-refractivity contribution < 1.29 is 0 Å². The molecule has 0 aliphatic heterocycles. The minimum Gasteiger partial charge on any atom is -0.330 e. The summed E-state index contributed by atoms with van der Waals surface area (Å²) in [6, 6.07) is 0. The molecule has 10 heavy (non-hydrogen) atoms. The summed E-state index contributed by atoms with van der Waals surface area (Å²) < 4.78 is 0.697. The molecule has 4 N–H and O–H groups in total. The molecule has 1 rings (SSSR count). The highest BCUT2D eigenvalue weighted by molar-refractivity contribution is 9.10. The Labute approximate surface area is 65.9 Å². The van der Waals surface area contributed by atoms with E-state index in [-0.39, 0.29) is 5.56 Å². The van der Waals surface area contributed by atoms with Crippen LogP contribution in [0.3, 0.4) is 0 Å². The van der Waals surface area contributed by atoms with Crippen molar-refractivity contribution in [2.24, 2.45) is 5.73 Å². The summed E-state index contributed by atoms with van der Waals surface area (Å²) in [6.45, 7) is 0.486. The van der Waals surface area contributed by atoms with Gasteiger partial charge in [0, 0.05) is 0 Å². The van der Waals surface area contributed by atoms with Gasteiger partial charge < -0.3 is 5.73 Å². The lowest BCUT2D eigenvalue weighted by Gasteiger charge is -1.89. The largest absolute Gasteiger partial charge is 0.330 e. The molecular weight excluding hydrogens is 198 g/mol. The maximum atomic E-state index is 10.9. The SMILES string of the molecule is NCCc1c(Br)[nH][nH]c1=O. The maximum absolute atomic E-state index is 10.9. The van der Waals surface area contributed by atoms with Crippen LogP contribution in [-0.2, 0) is 6.42 Å². The first-order chi connectivity index (χ1) is 4.75. The number of aromatic amines is 2. The smallest absolute Gasteiger partial charge is 0.268 e. The summed E-state index contributed by atoms with van der Waals surface area (Å²) in [5.74, 6) is 0. The molecule has 56 valence electrons. The number of hydrogen-bond acceptors (Lipinski definition) is 2. The van der Waals surface area contributed by atoms with E-state index in [1.54, 1.807) is 0 Å². The third kappa shape index (κ3) is 1.30. The quantitative estimate of drug-likeness (QED) is 0.635. The van der Waals surface area contributed by atoms with Gasteiger partial charge >= 0.3 is 0 Å². The molecule has 0 saturated carbocycles. The van der Waals surface area contributed by atoms with Crippen LogP contribution < -0.4 is 11.3 Å². The van der Waals surface area contributed by atoms with Crippen LogP contribution >= 0.6 is 15.9 Å². The molecule has 0 aliphatic rings. The molecular formula is C5H8BrN3O. The Bertz CT molecular complexity index is 264. The van der Waals surface area contributed by atoms with Crippen molar-refractivity contribution in [1.29, 1.82) is 0 Å². The molecule has 0 unspecified atom stereocenters. The molecule has 0 amide bonds. The van der Waals surface area contributed by atoms with Gasteiger partial charge in [-0.05, 0) is 28.9 Å². The van der Waals surface area contributed by atoms with Crippen LogP contribution in [0.5, 0.6) is 0 Å². The van der Waals surface area contributed by atoms with Crippen LogP contribution in [0.2, 0.25) is 0 Å². The van der Waals surface area contributed by atoms with Gasteiger partial charge in [0.25, 0.3) is 5.56 Å². The lowest BCUT2D eigenvalue weighted by molar-refractivity contribution is 0.955. The summed E-state index contributed by atoms with van der Waals surface area (Å²) in [4.78, 5) is 10.9. The van der Waals surface area contributed by atoms with Gasteiger partial charge in [0.05, 0.1) is 5.56 Å².